The van der Waals surface area contributed by atoms with Crippen LogP contribution in [0.15, 0.2) is 31.9 Å². The largest absolute Gasteiger partial charge is 0.507 e. The van der Waals surface area contributed by atoms with Gasteiger partial charge in [-0.05, 0) is 28.1 Å². The van der Waals surface area contributed by atoms with Crippen molar-refractivity contribution in [3.63, 3.8) is 0 Å². The molecule has 6 heteroatoms. The fourth-order valence-corrected chi connectivity index (χ4v) is 1.71. The molecule has 0 amide bonds. The minimum absolute atomic E-state index is 0.0184. The summed E-state index contributed by atoms with van der Waals surface area (Å²) in [5.41, 5.74) is -0.454. The number of aromatic carboxylic acids is 1. The molecule has 0 radical (unpaired) electrons. The number of phenols is 1. The van der Waals surface area contributed by atoms with E-state index in [9.17, 15) is 14.7 Å². The van der Waals surface area contributed by atoms with E-state index in [0.29, 0.717) is 0 Å². The molecule has 5 nitrogen and oxygen atoms in total. The molecule has 0 saturated heterocycles. The van der Waals surface area contributed by atoms with Crippen LogP contribution in [-0.2, 0) is 0 Å². The summed E-state index contributed by atoms with van der Waals surface area (Å²) >= 11 is 3.02. The molecular formula is C10H5BrO5. The maximum atomic E-state index is 11.5. The highest BCUT2D eigenvalue weighted by Gasteiger charge is 2.14. The lowest BCUT2D eigenvalue weighted by molar-refractivity contribution is 0.0663. The Morgan fingerprint density at radius 2 is 2.06 bits per heavy atom. The molecule has 1 aromatic carbocycles. The summed E-state index contributed by atoms with van der Waals surface area (Å²) in [4.78, 5) is 22.2. The number of aromatic hydroxyl groups is 1. The Balaban J connectivity index is 2.94. The number of carboxylic acids is 1. The van der Waals surface area contributed by atoms with E-state index in [1.807, 2.05) is 0 Å². The fourth-order valence-electron chi connectivity index (χ4n) is 1.28. The van der Waals surface area contributed by atoms with Crippen molar-refractivity contribution in [3.8, 4) is 5.75 Å². The number of benzene rings is 1. The molecule has 1 aromatic heterocycles. The standard InChI is InChI=1S/C10H5BrO5/c11-8-5(12)2-1-4-6(13)3-7(10(14)15)16-9(4)8/h1-3,12H,(H,14,15). The Kier molecular flexibility index (Phi) is 2.43. The molecule has 16 heavy (non-hydrogen) atoms. The quantitative estimate of drug-likeness (QED) is 0.836. The lowest BCUT2D eigenvalue weighted by Gasteiger charge is -2.02. The average molecular weight is 285 g/mol. The smallest absolute Gasteiger partial charge is 0.371 e. The number of hydrogen-bond acceptors (Lipinski definition) is 4. The summed E-state index contributed by atoms with van der Waals surface area (Å²) in [6.45, 7) is 0. The van der Waals surface area contributed by atoms with Gasteiger partial charge in [0.15, 0.2) is 11.0 Å². The Hall–Kier alpha value is -1.82. The highest BCUT2D eigenvalue weighted by molar-refractivity contribution is 9.10. The van der Waals surface area contributed by atoms with Gasteiger partial charge in [0, 0.05) is 6.07 Å². The summed E-state index contributed by atoms with van der Waals surface area (Å²) in [6.07, 6.45) is 0. The Morgan fingerprint density at radius 3 is 2.69 bits per heavy atom. The van der Waals surface area contributed by atoms with Crippen LogP contribution in [0.1, 0.15) is 10.6 Å². The SMILES string of the molecule is O=C(O)c1cc(=O)c2ccc(O)c(Br)c2o1. The van der Waals surface area contributed by atoms with E-state index in [-0.39, 0.29) is 21.2 Å². The second kappa shape index (κ2) is 3.64. The zero-order chi connectivity index (χ0) is 11.9. The van der Waals surface area contributed by atoms with Crippen molar-refractivity contribution in [2.45, 2.75) is 0 Å². The van der Waals surface area contributed by atoms with E-state index in [1.54, 1.807) is 0 Å². The third kappa shape index (κ3) is 1.57. The molecular weight excluding hydrogens is 280 g/mol. The Labute approximate surface area is 97.1 Å². The molecule has 0 spiro atoms. The summed E-state index contributed by atoms with van der Waals surface area (Å²) in [6, 6.07) is 3.59. The van der Waals surface area contributed by atoms with Crippen LogP contribution >= 0.6 is 15.9 Å². The number of fused-ring (bicyclic) bond motifs is 1. The van der Waals surface area contributed by atoms with E-state index < -0.39 is 17.2 Å². The molecule has 1 heterocycles. The predicted molar refractivity (Wildman–Crippen MR) is 58.8 cm³/mol. The topological polar surface area (TPSA) is 87.7 Å². The van der Waals surface area contributed by atoms with Gasteiger partial charge in [0.2, 0.25) is 5.76 Å². The first-order chi connectivity index (χ1) is 7.50. The van der Waals surface area contributed by atoms with E-state index >= 15 is 0 Å². The van der Waals surface area contributed by atoms with Gasteiger partial charge in [-0.2, -0.15) is 0 Å². The van der Waals surface area contributed by atoms with Crippen molar-refractivity contribution < 1.29 is 19.4 Å². The monoisotopic (exact) mass is 284 g/mol. The maximum Gasteiger partial charge on any atom is 0.371 e. The second-order valence-electron chi connectivity index (χ2n) is 3.06. The average Bonchev–Trinajstić information content (AvgIpc) is 2.23. The molecule has 0 atom stereocenters. The normalized spacial score (nSPS) is 10.6. The molecule has 82 valence electrons. The van der Waals surface area contributed by atoms with Gasteiger partial charge in [0.05, 0.1) is 5.39 Å². The highest BCUT2D eigenvalue weighted by atomic mass is 79.9. The van der Waals surface area contributed by atoms with Crippen LogP contribution in [0.2, 0.25) is 0 Å². The first-order valence-electron chi connectivity index (χ1n) is 4.19. The zero-order valence-corrected chi connectivity index (χ0v) is 9.32. The summed E-state index contributed by atoms with van der Waals surface area (Å²) in [5, 5.41) is 18.3. The number of halogens is 1. The van der Waals surface area contributed by atoms with Gasteiger partial charge >= 0.3 is 5.97 Å². The number of phenolic OH excluding ortho intramolecular Hbond substituents is 1. The number of carbonyl (C=O) groups is 1. The molecule has 2 aromatic rings. The van der Waals surface area contributed by atoms with Crippen molar-refractivity contribution >= 4 is 32.9 Å². The van der Waals surface area contributed by atoms with E-state index in [4.69, 9.17) is 9.52 Å². The van der Waals surface area contributed by atoms with Gasteiger partial charge in [0.1, 0.15) is 10.2 Å². The van der Waals surface area contributed by atoms with E-state index in [1.165, 1.54) is 12.1 Å². The lowest BCUT2D eigenvalue weighted by atomic mass is 10.2. The minimum Gasteiger partial charge on any atom is -0.507 e. The molecule has 0 aliphatic carbocycles. The number of carboxylic acid groups (broad SMARTS) is 1. The van der Waals surface area contributed by atoms with Gasteiger partial charge in [-0.15, -0.1) is 0 Å². The van der Waals surface area contributed by atoms with Crippen molar-refractivity contribution in [1.82, 2.24) is 0 Å². The first kappa shape index (κ1) is 10.7. The summed E-state index contributed by atoms with van der Waals surface area (Å²) in [7, 11) is 0. The number of hydrogen-bond donors (Lipinski definition) is 2. The summed E-state index contributed by atoms with van der Waals surface area (Å²) in [5.74, 6) is -1.93. The van der Waals surface area contributed by atoms with Crippen LogP contribution in [0.5, 0.6) is 5.75 Å². The van der Waals surface area contributed by atoms with Crippen molar-refractivity contribution in [2.75, 3.05) is 0 Å². The van der Waals surface area contributed by atoms with Gasteiger partial charge in [-0.25, -0.2) is 4.79 Å². The predicted octanol–water partition coefficient (Wildman–Crippen LogP) is 1.96. The van der Waals surface area contributed by atoms with Crippen LogP contribution < -0.4 is 5.43 Å². The van der Waals surface area contributed by atoms with Crippen LogP contribution in [0.25, 0.3) is 11.0 Å². The Morgan fingerprint density at radius 1 is 1.38 bits per heavy atom. The molecule has 0 fully saturated rings. The van der Waals surface area contributed by atoms with Crippen LogP contribution in [-0.4, -0.2) is 16.2 Å². The molecule has 0 aliphatic rings. The molecule has 2 N–H and O–H groups in total. The fraction of sp³-hybridized carbons (Fsp3) is 0. The zero-order valence-electron chi connectivity index (χ0n) is 7.73. The van der Waals surface area contributed by atoms with Crippen LogP contribution in [0.4, 0.5) is 0 Å². The molecule has 0 unspecified atom stereocenters. The third-order valence-corrected chi connectivity index (χ3v) is 2.79. The molecule has 0 saturated carbocycles. The maximum absolute atomic E-state index is 11.5. The number of rotatable bonds is 1. The highest BCUT2D eigenvalue weighted by Crippen LogP contribution is 2.31. The first-order valence-corrected chi connectivity index (χ1v) is 4.98. The van der Waals surface area contributed by atoms with Crippen molar-refractivity contribution in [3.05, 3.63) is 38.7 Å². The van der Waals surface area contributed by atoms with Crippen LogP contribution in [0.3, 0.4) is 0 Å². The van der Waals surface area contributed by atoms with Gasteiger partial charge < -0.3 is 14.6 Å². The molecule has 2 rings (SSSR count). The van der Waals surface area contributed by atoms with E-state index in [0.717, 1.165) is 6.07 Å². The Bertz CT molecular complexity index is 643. The van der Waals surface area contributed by atoms with Gasteiger partial charge in [-0.1, -0.05) is 0 Å². The lowest BCUT2D eigenvalue weighted by Crippen LogP contribution is -2.06. The van der Waals surface area contributed by atoms with Crippen molar-refractivity contribution in [2.24, 2.45) is 0 Å². The third-order valence-electron chi connectivity index (χ3n) is 2.03. The summed E-state index contributed by atoms with van der Waals surface area (Å²) < 4.78 is 5.17. The second-order valence-corrected chi connectivity index (χ2v) is 3.85. The van der Waals surface area contributed by atoms with Crippen LogP contribution in [0, 0.1) is 0 Å². The molecule has 0 bridgehead atoms. The molecule has 0 aliphatic heterocycles. The van der Waals surface area contributed by atoms with Gasteiger partial charge in [-0.3, -0.25) is 4.79 Å². The van der Waals surface area contributed by atoms with Crippen molar-refractivity contribution in [1.29, 1.82) is 0 Å². The minimum atomic E-state index is -1.34. The van der Waals surface area contributed by atoms with Gasteiger partial charge in [0.25, 0.3) is 0 Å². The van der Waals surface area contributed by atoms with E-state index in [2.05, 4.69) is 15.9 Å².